The van der Waals surface area contributed by atoms with Crippen LogP contribution >= 0.6 is 15.9 Å². The molecule has 0 unspecified atom stereocenters. The predicted octanol–water partition coefficient (Wildman–Crippen LogP) is 3.87. The van der Waals surface area contributed by atoms with E-state index in [2.05, 4.69) is 15.9 Å². The first-order valence-corrected chi connectivity index (χ1v) is 6.78. The van der Waals surface area contributed by atoms with Gasteiger partial charge in [-0.3, -0.25) is 0 Å². The van der Waals surface area contributed by atoms with Crippen LogP contribution in [-0.4, -0.2) is 18.2 Å². The first kappa shape index (κ1) is 15.3. The van der Waals surface area contributed by atoms with Crippen molar-refractivity contribution >= 4 is 21.9 Å². The molecule has 2 aromatic rings. The molecular weight excluding hydrogens is 343 g/mol. The monoisotopic (exact) mass is 354 g/mol. The summed E-state index contributed by atoms with van der Waals surface area (Å²) in [4.78, 5) is 10.9. The summed E-state index contributed by atoms with van der Waals surface area (Å²) in [6.07, 6.45) is 0. The lowest BCUT2D eigenvalue weighted by molar-refractivity contribution is 0.0696. The Morgan fingerprint density at radius 2 is 2.05 bits per heavy atom. The molecule has 2 aromatic carbocycles. The van der Waals surface area contributed by atoms with Crippen molar-refractivity contribution in [2.24, 2.45) is 0 Å². The quantitative estimate of drug-likeness (QED) is 0.885. The van der Waals surface area contributed by atoms with Gasteiger partial charge in [0.15, 0.2) is 0 Å². The number of halogens is 2. The minimum atomic E-state index is -1.11. The fraction of sp³-hybridized carbons (Fsp3) is 0.133. The van der Waals surface area contributed by atoms with E-state index < -0.39 is 11.8 Å². The van der Waals surface area contributed by atoms with Gasteiger partial charge in [-0.05, 0) is 52.3 Å². The van der Waals surface area contributed by atoms with Gasteiger partial charge in [-0.2, -0.15) is 0 Å². The molecule has 0 bridgehead atoms. The molecule has 0 heterocycles. The molecular formula is C15H12BrFO4. The van der Waals surface area contributed by atoms with E-state index in [1.54, 1.807) is 25.3 Å². The van der Waals surface area contributed by atoms with Crippen LogP contribution in [0.5, 0.6) is 11.5 Å². The molecule has 4 nitrogen and oxygen atoms in total. The average Bonchev–Trinajstić information content (AvgIpc) is 2.47. The molecule has 0 atom stereocenters. The lowest BCUT2D eigenvalue weighted by Gasteiger charge is -2.10. The summed E-state index contributed by atoms with van der Waals surface area (Å²) in [5, 5.41) is 8.90. The maximum absolute atomic E-state index is 13.7. The SMILES string of the molecule is COc1ccc(OCc2cc(C(=O)O)ccc2F)c(Br)c1. The zero-order valence-corrected chi connectivity index (χ0v) is 12.7. The van der Waals surface area contributed by atoms with E-state index in [0.717, 1.165) is 6.07 Å². The summed E-state index contributed by atoms with van der Waals surface area (Å²) in [6.45, 7) is -0.0715. The van der Waals surface area contributed by atoms with E-state index in [1.807, 2.05) is 0 Å². The van der Waals surface area contributed by atoms with Gasteiger partial charge < -0.3 is 14.6 Å². The van der Waals surface area contributed by atoms with Crippen LogP contribution in [0, 0.1) is 5.82 Å². The highest BCUT2D eigenvalue weighted by molar-refractivity contribution is 9.10. The summed E-state index contributed by atoms with van der Waals surface area (Å²) < 4.78 is 24.9. The Morgan fingerprint density at radius 1 is 1.29 bits per heavy atom. The number of carbonyl (C=O) groups is 1. The molecule has 2 rings (SSSR count). The maximum atomic E-state index is 13.7. The lowest BCUT2D eigenvalue weighted by Crippen LogP contribution is -2.03. The lowest BCUT2D eigenvalue weighted by atomic mass is 10.1. The van der Waals surface area contributed by atoms with Gasteiger partial charge in [-0.1, -0.05) is 0 Å². The fourth-order valence-electron chi connectivity index (χ4n) is 1.70. The molecule has 0 radical (unpaired) electrons. The number of methoxy groups -OCH3 is 1. The van der Waals surface area contributed by atoms with E-state index in [0.29, 0.717) is 16.0 Å². The Bertz CT molecular complexity index is 673. The van der Waals surface area contributed by atoms with Gasteiger partial charge in [0.1, 0.15) is 23.9 Å². The molecule has 0 aromatic heterocycles. The first-order chi connectivity index (χ1) is 10.0. The minimum absolute atomic E-state index is 0.0174. The highest BCUT2D eigenvalue weighted by atomic mass is 79.9. The summed E-state index contributed by atoms with van der Waals surface area (Å²) in [5.74, 6) is -0.448. The first-order valence-electron chi connectivity index (χ1n) is 5.99. The van der Waals surface area contributed by atoms with Gasteiger partial charge in [-0.25, -0.2) is 9.18 Å². The van der Waals surface area contributed by atoms with Crippen LogP contribution in [0.3, 0.4) is 0 Å². The smallest absolute Gasteiger partial charge is 0.335 e. The topological polar surface area (TPSA) is 55.8 Å². The third kappa shape index (κ3) is 3.72. The van der Waals surface area contributed by atoms with E-state index in [-0.39, 0.29) is 17.7 Å². The zero-order valence-electron chi connectivity index (χ0n) is 11.1. The number of hydrogen-bond donors (Lipinski definition) is 1. The van der Waals surface area contributed by atoms with Crippen molar-refractivity contribution in [1.29, 1.82) is 0 Å². The molecule has 0 aliphatic carbocycles. The van der Waals surface area contributed by atoms with Crippen LogP contribution in [0.15, 0.2) is 40.9 Å². The van der Waals surface area contributed by atoms with Crippen LogP contribution < -0.4 is 9.47 Å². The third-order valence-corrected chi connectivity index (χ3v) is 3.43. The number of aromatic carboxylic acids is 1. The van der Waals surface area contributed by atoms with Crippen LogP contribution in [0.2, 0.25) is 0 Å². The normalized spacial score (nSPS) is 10.2. The Labute approximate surface area is 129 Å². The zero-order chi connectivity index (χ0) is 15.4. The Kier molecular flexibility index (Phi) is 4.80. The van der Waals surface area contributed by atoms with E-state index in [9.17, 15) is 9.18 Å². The molecule has 1 N–H and O–H groups in total. The van der Waals surface area contributed by atoms with Gasteiger partial charge in [0.2, 0.25) is 0 Å². The van der Waals surface area contributed by atoms with E-state index >= 15 is 0 Å². The molecule has 6 heteroatoms. The number of hydrogen-bond acceptors (Lipinski definition) is 3. The summed E-state index contributed by atoms with van der Waals surface area (Å²) in [7, 11) is 1.55. The minimum Gasteiger partial charge on any atom is -0.497 e. The Balaban J connectivity index is 2.16. The van der Waals surface area contributed by atoms with Crippen LogP contribution in [0.25, 0.3) is 0 Å². The number of benzene rings is 2. The molecule has 0 spiro atoms. The van der Waals surface area contributed by atoms with Crippen molar-refractivity contribution in [3.8, 4) is 11.5 Å². The van der Waals surface area contributed by atoms with Crippen molar-refractivity contribution in [3.63, 3.8) is 0 Å². The molecule has 110 valence electrons. The average molecular weight is 355 g/mol. The van der Waals surface area contributed by atoms with Gasteiger partial charge in [0.05, 0.1) is 17.1 Å². The number of ether oxygens (including phenoxy) is 2. The molecule has 0 aliphatic heterocycles. The second-order valence-electron chi connectivity index (χ2n) is 4.20. The van der Waals surface area contributed by atoms with Crippen molar-refractivity contribution in [2.45, 2.75) is 6.61 Å². The van der Waals surface area contributed by atoms with Crippen molar-refractivity contribution in [1.82, 2.24) is 0 Å². The molecule has 0 saturated heterocycles. The standard InChI is InChI=1S/C15H12BrFO4/c1-20-11-3-5-14(12(16)7-11)21-8-10-6-9(15(18)19)2-4-13(10)17/h2-7H,8H2,1H3,(H,18,19). The van der Waals surface area contributed by atoms with E-state index in [4.69, 9.17) is 14.6 Å². The summed E-state index contributed by atoms with van der Waals surface area (Å²) in [6, 6.07) is 8.70. The van der Waals surface area contributed by atoms with Gasteiger partial charge in [0, 0.05) is 5.56 Å². The molecule has 0 amide bonds. The van der Waals surface area contributed by atoms with Gasteiger partial charge >= 0.3 is 5.97 Å². The Morgan fingerprint density at radius 3 is 2.67 bits per heavy atom. The summed E-state index contributed by atoms with van der Waals surface area (Å²) in [5.41, 5.74) is 0.196. The van der Waals surface area contributed by atoms with Crippen LogP contribution in [0.4, 0.5) is 4.39 Å². The highest BCUT2D eigenvalue weighted by Crippen LogP contribution is 2.30. The molecule has 0 fully saturated rings. The van der Waals surface area contributed by atoms with Crippen molar-refractivity contribution in [2.75, 3.05) is 7.11 Å². The summed E-state index contributed by atoms with van der Waals surface area (Å²) >= 11 is 3.32. The highest BCUT2D eigenvalue weighted by Gasteiger charge is 2.10. The largest absolute Gasteiger partial charge is 0.497 e. The van der Waals surface area contributed by atoms with Gasteiger partial charge in [-0.15, -0.1) is 0 Å². The number of carboxylic acid groups (broad SMARTS) is 1. The second kappa shape index (κ2) is 6.58. The van der Waals surface area contributed by atoms with Crippen molar-refractivity contribution < 1.29 is 23.8 Å². The van der Waals surface area contributed by atoms with E-state index in [1.165, 1.54) is 12.1 Å². The predicted molar refractivity (Wildman–Crippen MR) is 78.4 cm³/mol. The number of carboxylic acids is 1. The van der Waals surface area contributed by atoms with Crippen LogP contribution in [0.1, 0.15) is 15.9 Å². The molecule has 0 saturated carbocycles. The third-order valence-electron chi connectivity index (χ3n) is 2.81. The van der Waals surface area contributed by atoms with Gasteiger partial charge in [0.25, 0.3) is 0 Å². The van der Waals surface area contributed by atoms with Crippen LogP contribution in [-0.2, 0) is 6.61 Å². The molecule has 21 heavy (non-hydrogen) atoms. The Hall–Kier alpha value is -2.08. The number of rotatable bonds is 5. The maximum Gasteiger partial charge on any atom is 0.335 e. The van der Waals surface area contributed by atoms with Crippen molar-refractivity contribution in [3.05, 3.63) is 57.8 Å². The fourth-order valence-corrected chi connectivity index (χ4v) is 2.17. The molecule has 0 aliphatic rings. The second-order valence-corrected chi connectivity index (χ2v) is 5.05.